The quantitative estimate of drug-likeness (QED) is 0.806. The molecule has 6 heteroatoms. The Hall–Kier alpha value is -2.50. The summed E-state index contributed by atoms with van der Waals surface area (Å²) in [6.45, 7) is 1.59. The molecule has 1 aromatic carbocycles. The maximum atomic E-state index is 11.9. The second-order valence-corrected chi connectivity index (χ2v) is 5.25. The molecule has 2 rings (SSSR count). The van der Waals surface area contributed by atoms with Gasteiger partial charge in [-0.2, -0.15) is 0 Å². The molecule has 2 amide bonds. The number of hydrogen-bond acceptors (Lipinski definition) is 4. The molecule has 0 bridgehead atoms. The largest absolute Gasteiger partial charge is 0.497 e. The maximum absolute atomic E-state index is 11.9. The molecule has 0 spiro atoms. The Kier molecular flexibility index (Phi) is 6.02. The second kappa shape index (κ2) is 8.22. The van der Waals surface area contributed by atoms with E-state index in [1.807, 2.05) is 0 Å². The molecule has 1 aliphatic rings. The lowest BCUT2D eigenvalue weighted by atomic mass is 10.1. The van der Waals surface area contributed by atoms with Crippen LogP contribution in [-0.4, -0.2) is 50.6 Å². The van der Waals surface area contributed by atoms with Crippen LogP contribution in [0, 0.1) is 0 Å². The minimum Gasteiger partial charge on any atom is -0.497 e. The van der Waals surface area contributed by atoms with Crippen LogP contribution in [0.5, 0.6) is 11.5 Å². The van der Waals surface area contributed by atoms with E-state index in [-0.39, 0.29) is 18.4 Å². The molecule has 0 aliphatic carbocycles. The number of carbonyl (C=O) groups is 2. The average Bonchev–Trinajstić information content (AvgIpc) is 3.12. The number of nitrogens with zero attached hydrogens (tertiary/aromatic N) is 1. The average molecular weight is 318 g/mol. The summed E-state index contributed by atoms with van der Waals surface area (Å²) in [4.78, 5) is 25.5. The van der Waals surface area contributed by atoms with Gasteiger partial charge in [-0.1, -0.05) is 0 Å². The first kappa shape index (κ1) is 16.9. The van der Waals surface area contributed by atoms with Crippen molar-refractivity contribution < 1.29 is 19.1 Å². The topological polar surface area (TPSA) is 67.9 Å². The van der Waals surface area contributed by atoms with Gasteiger partial charge in [0.1, 0.15) is 11.5 Å². The maximum Gasteiger partial charge on any atom is 0.244 e. The molecule has 124 valence electrons. The Morgan fingerprint density at radius 2 is 1.96 bits per heavy atom. The van der Waals surface area contributed by atoms with Gasteiger partial charge in [0.05, 0.1) is 20.8 Å². The van der Waals surface area contributed by atoms with Crippen LogP contribution in [0.1, 0.15) is 18.4 Å². The number of benzene rings is 1. The predicted octanol–water partition coefficient (Wildman–Crippen LogP) is 1.46. The smallest absolute Gasteiger partial charge is 0.244 e. The minimum absolute atomic E-state index is 0.0262. The number of rotatable bonds is 6. The van der Waals surface area contributed by atoms with E-state index in [0.717, 1.165) is 31.5 Å². The van der Waals surface area contributed by atoms with Gasteiger partial charge in [-0.3, -0.25) is 9.59 Å². The van der Waals surface area contributed by atoms with Crippen molar-refractivity contribution in [2.45, 2.75) is 12.8 Å². The summed E-state index contributed by atoms with van der Waals surface area (Å²) >= 11 is 0. The van der Waals surface area contributed by atoms with E-state index >= 15 is 0 Å². The van der Waals surface area contributed by atoms with Crippen molar-refractivity contribution in [3.63, 3.8) is 0 Å². The van der Waals surface area contributed by atoms with Crippen LogP contribution in [0.25, 0.3) is 6.08 Å². The molecule has 0 aromatic heterocycles. The Balaban J connectivity index is 1.91. The fraction of sp³-hybridized carbons (Fsp3) is 0.412. The molecule has 1 fully saturated rings. The van der Waals surface area contributed by atoms with Crippen LogP contribution in [0.15, 0.2) is 24.3 Å². The lowest BCUT2D eigenvalue weighted by Crippen LogP contribution is -2.38. The Labute approximate surface area is 136 Å². The number of carbonyl (C=O) groups excluding carboxylic acids is 2. The van der Waals surface area contributed by atoms with E-state index in [9.17, 15) is 9.59 Å². The van der Waals surface area contributed by atoms with Gasteiger partial charge in [0.25, 0.3) is 0 Å². The third kappa shape index (κ3) is 4.74. The zero-order valence-electron chi connectivity index (χ0n) is 13.5. The van der Waals surface area contributed by atoms with E-state index in [4.69, 9.17) is 9.47 Å². The van der Waals surface area contributed by atoms with Gasteiger partial charge >= 0.3 is 0 Å². The van der Waals surface area contributed by atoms with E-state index < -0.39 is 0 Å². The molecular weight excluding hydrogens is 296 g/mol. The van der Waals surface area contributed by atoms with Gasteiger partial charge in [0, 0.05) is 24.7 Å². The van der Waals surface area contributed by atoms with Gasteiger partial charge in [0.15, 0.2) is 0 Å². The summed E-state index contributed by atoms with van der Waals surface area (Å²) in [7, 11) is 3.14. The lowest BCUT2D eigenvalue weighted by molar-refractivity contribution is -0.131. The number of hydrogen-bond donors (Lipinski definition) is 1. The molecular formula is C17H22N2O4. The van der Waals surface area contributed by atoms with E-state index in [1.54, 1.807) is 43.4 Å². The molecule has 0 radical (unpaired) electrons. The third-order valence-electron chi connectivity index (χ3n) is 3.72. The zero-order valence-corrected chi connectivity index (χ0v) is 13.5. The van der Waals surface area contributed by atoms with Crippen LogP contribution in [0.3, 0.4) is 0 Å². The number of ether oxygens (including phenoxy) is 2. The number of methoxy groups -OCH3 is 2. The van der Waals surface area contributed by atoms with Crippen LogP contribution in [0.2, 0.25) is 0 Å². The fourth-order valence-electron chi connectivity index (χ4n) is 2.44. The summed E-state index contributed by atoms with van der Waals surface area (Å²) in [6.07, 6.45) is 5.09. The summed E-state index contributed by atoms with van der Waals surface area (Å²) in [6, 6.07) is 5.33. The minimum atomic E-state index is -0.317. The SMILES string of the molecule is COc1ccc(OC)c(/C=C/C(=O)NCC(=O)N2CCCC2)c1. The van der Waals surface area contributed by atoms with E-state index in [0.29, 0.717) is 11.5 Å². The summed E-state index contributed by atoms with van der Waals surface area (Å²) < 4.78 is 10.4. The van der Waals surface area contributed by atoms with Crippen molar-refractivity contribution in [2.75, 3.05) is 33.9 Å². The molecule has 1 saturated heterocycles. The van der Waals surface area contributed by atoms with Crippen molar-refractivity contribution in [1.29, 1.82) is 0 Å². The van der Waals surface area contributed by atoms with Gasteiger partial charge in [0.2, 0.25) is 11.8 Å². The molecule has 0 unspecified atom stereocenters. The van der Waals surface area contributed by atoms with Crippen molar-refractivity contribution in [2.24, 2.45) is 0 Å². The van der Waals surface area contributed by atoms with Crippen LogP contribution >= 0.6 is 0 Å². The molecule has 1 N–H and O–H groups in total. The van der Waals surface area contributed by atoms with Crippen molar-refractivity contribution in [3.8, 4) is 11.5 Å². The third-order valence-corrected chi connectivity index (χ3v) is 3.72. The highest BCUT2D eigenvalue weighted by atomic mass is 16.5. The molecule has 1 aromatic rings. The molecule has 1 heterocycles. The van der Waals surface area contributed by atoms with Crippen LogP contribution in [0.4, 0.5) is 0 Å². The van der Waals surface area contributed by atoms with E-state index in [2.05, 4.69) is 5.32 Å². The number of nitrogens with one attached hydrogen (secondary N) is 1. The van der Waals surface area contributed by atoms with Gasteiger partial charge in [-0.25, -0.2) is 0 Å². The first-order valence-corrected chi connectivity index (χ1v) is 7.59. The summed E-state index contributed by atoms with van der Waals surface area (Å²) in [5.74, 6) is 0.962. The highest BCUT2D eigenvalue weighted by molar-refractivity contribution is 5.94. The molecule has 0 atom stereocenters. The van der Waals surface area contributed by atoms with Crippen LogP contribution < -0.4 is 14.8 Å². The monoisotopic (exact) mass is 318 g/mol. The van der Waals surface area contributed by atoms with Gasteiger partial charge in [-0.05, 0) is 37.1 Å². The van der Waals surface area contributed by atoms with Crippen molar-refractivity contribution in [3.05, 3.63) is 29.8 Å². The van der Waals surface area contributed by atoms with Crippen LogP contribution in [-0.2, 0) is 9.59 Å². The van der Waals surface area contributed by atoms with Crippen molar-refractivity contribution >= 4 is 17.9 Å². The predicted molar refractivity (Wildman–Crippen MR) is 87.4 cm³/mol. The Morgan fingerprint density at radius 3 is 2.61 bits per heavy atom. The van der Waals surface area contributed by atoms with Gasteiger partial charge < -0.3 is 19.7 Å². The summed E-state index contributed by atoms with van der Waals surface area (Å²) in [5, 5.41) is 2.61. The first-order valence-electron chi connectivity index (χ1n) is 7.59. The van der Waals surface area contributed by atoms with Crippen molar-refractivity contribution in [1.82, 2.24) is 10.2 Å². The highest BCUT2D eigenvalue weighted by Gasteiger charge is 2.17. The summed E-state index contributed by atoms with van der Waals surface area (Å²) in [5.41, 5.74) is 0.730. The normalized spacial score (nSPS) is 14.1. The van der Waals surface area contributed by atoms with E-state index in [1.165, 1.54) is 6.08 Å². The Bertz CT molecular complexity index is 592. The Morgan fingerprint density at radius 1 is 1.22 bits per heavy atom. The number of likely N-dealkylation sites (tertiary alicyclic amines) is 1. The fourth-order valence-corrected chi connectivity index (χ4v) is 2.44. The number of amides is 2. The second-order valence-electron chi connectivity index (χ2n) is 5.25. The highest BCUT2D eigenvalue weighted by Crippen LogP contribution is 2.24. The molecule has 0 saturated carbocycles. The zero-order chi connectivity index (χ0) is 16.7. The first-order chi connectivity index (χ1) is 11.1. The molecule has 23 heavy (non-hydrogen) atoms. The standard InChI is InChI=1S/C17H22N2O4/c1-22-14-6-7-15(23-2)13(11-14)5-8-16(20)18-12-17(21)19-9-3-4-10-19/h5-8,11H,3-4,9-10,12H2,1-2H3,(H,18,20)/b8-5+. The lowest BCUT2D eigenvalue weighted by Gasteiger charge is -2.14. The van der Waals surface area contributed by atoms with Gasteiger partial charge in [-0.15, -0.1) is 0 Å². The molecule has 6 nitrogen and oxygen atoms in total. The molecule has 1 aliphatic heterocycles.